The lowest BCUT2D eigenvalue weighted by molar-refractivity contribution is -0.129. The van der Waals surface area contributed by atoms with Gasteiger partial charge in [0.15, 0.2) is 0 Å². The zero-order valence-electron chi connectivity index (χ0n) is 11.0. The Kier molecular flexibility index (Phi) is 6.30. The fourth-order valence-electron chi connectivity index (χ4n) is 2.42. The number of likely N-dealkylation sites (N-methyl/N-ethyl adjacent to an activating group) is 1. The van der Waals surface area contributed by atoms with E-state index in [4.69, 9.17) is 0 Å². The molecular weight excluding hydrogens is 328 g/mol. The van der Waals surface area contributed by atoms with Gasteiger partial charge in [-0.3, -0.25) is 4.79 Å². The van der Waals surface area contributed by atoms with Crippen LogP contribution in [0.5, 0.6) is 0 Å². The summed E-state index contributed by atoms with van der Waals surface area (Å²) >= 11 is 3.43. The molecule has 1 aliphatic carbocycles. The molecule has 0 bridgehead atoms. The van der Waals surface area contributed by atoms with Crippen LogP contribution in [0.25, 0.3) is 0 Å². The van der Waals surface area contributed by atoms with Crippen LogP contribution in [0.3, 0.4) is 0 Å². The van der Waals surface area contributed by atoms with E-state index in [0.717, 1.165) is 35.8 Å². The van der Waals surface area contributed by atoms with Gasteiger partial charge in [0, 0.05) is 17.6 Å². The molecule has 2 N–H and O–H groups in total. The molecule has 106 valence electrons. The zero-order valence-corrected chi connectivity index (χ0v) is 13.4. The second-order valence-electron chi connectivity index (χ2n) is 4.80. The lowest BCUT2D eigenvalue weighted by atomic mass is 9.64. The van der Waals surface area contributed by atoms with E-state index >= 15 is 0 Å². The third-order valence-electron chi connectivity index (χ3n) is 3.70. The molecule has 1 saturated carbocycles. The quantitative estimate of drug-likeness (QED) is 0.804. The molecule has 1 amide bonds. The molecule has 0 aliphatic heterocycles. The number of amides is 1. The minimum atomic E-state index is -0.283. The van der Waals surface area contributed by atoms with Crippen LogP contribution in [0.4, 0.5) is 0 Å². The van der Waals surface area contributed by atoms with Gasteiger partial charge in [0.1, 0.15) is 0 Å². The summed E-state index contributed by atoms with van der Waals surface area (Å²) < 4.78 is 1.05. The molecule has 0 aromatic heterocycles. The Labute approximate surface area is 129 Å². The molecule has 0 saturated heterocycles. The van der Waals surface area contributed by atoms with Crippen LogP contribution < -0.4 is 10.6 Å². The van der Waals surface area contributed by atoms with Crippen LogP contribution in [-0.4, -0.2) is 26.0 Å². The molecule has 3 nitrogen and oxygen atoms in total. The van der Waals surface area contributed by atoms with Crippen LogP contribution in [0, 0.1) is 0 Å². The normalized spacial score (nSPS) is 16.1. The summed E-state index contributed by atoms with van der Waals surface area (Å²) in [7, 11) is 1.89. The standard InChI is InChI=1S/C14H19BrN2O.ClH/c1-16-9-10-17-13(18)14(7-2-8-14)11-3-5-12(15)6-4-11;/h3-6,16H,2,7-10H2,1H3,(H,17,18);1H. The molecule has 0 spiro atoms. The molecule has 19 heavy (non-hydrogen) atoms. The molecule has 0 unspecified atom stereocenters. The fourth-order valence-corrected chi connectivity index (χ4v) is 2.68. The van der Waals surface area contributed by atoms with E-state index in [2.05, 4.69) is 38.7 Å². The van der Waals surface area contributed by atoms with Crippen molar-refractivity contribution in [2.75, 3.05) is 20.1 Å². The van der Waals surface area contributed by atoms with Crippen LogP contribution in [0.15, 0.2) is 28.7 Å². The molecule has 1 aromatic carbocycles. The van der Waals surface area contributed by atoms with Crippen molar-refractivity contribution in [3.8, 4) is 0 Å². The van der Waals surface area contributed by atoms with Crippen LogP contribution >= 0.6 is 28.3 Å². The van der Waals surface area contributed by atoms with Gasteiger partial charge in [0.2, 0.25) is 5.91 Å². The highest BCUT2D eigenvalue weighted by Gasteiger charge is 2.45. The second-order valence-corrected chi connectivity index (χ2v) is 5.72. The first-order valence-corrected chi connectivity index (χ1v) is 7.17. The van der Waals surface area contributed by atoms with Gasteiger partial charge in [-0.25, -0.2) is 0 Å². The first-order chi connectivity index (χ1) is 8.69. The summed E-state index contributed by atoms with van der Waals surface area (Å²) in [5.41, 5.74) is 0.855. The highest BCUT2D eigenvalue weighted by molar-refractivity contribution is 9.10. The smallest absolute Gasteiger partial charge is 0.230 e. The van der Waals surface area contributed by atoms with Crippen LogP contribution in [0.2, 0.25) is 0 Å². The van der Waals surface area contributed by atoms with Crippen LogP contribution in [-0.2, 0) is 10.2 Å². The highest BCUT2D eigenvalue weighted by atomic mass is 79.9. The summed E-state index contributed by atoms with van der Waals surface area (Å²) in [5, 5.41) is 6.06. The van der Waals surface area contributed by atoms with Crippen molar-refractivity contribution in [2.24, 2.45) is 0 Å². The molecule has 0 radical (unpaired) electrons. The van der Waals surface area contributed by atoms with Gasteiger partial charge in [-0.05, 0) is 37.6 Å². The largest absolute Gasteiger partial charge is 0.354 e. The fraction of sp³-hybridized carbons (Fsp3) is 0.500. The van der Waals surface area contributed by atoms with Gasteiger partial charge >= 0.3 is 0 Å². The highest BCUT2D eigenvalue weighted by Crippen LogP contribution is 2.44. The van der Waals surface area contributed by atoms with E-state index in [1.807, 2.05) is 19.2 Å². The summed E-state index contributed by atoms with van der Waals surface area (Å²) in [6, 6.07) is 8.13. The summed E-state index contributed by atoms with van der Waals surface area (Å²) in [6.45, 7) is 1.50. The Morgan fingerprint density at radius 2 is 1.89 bits per heavy atom. The molecule has 0 atom stereocenters. The van der Waals surface area contributed by atoms with E-state index in [1.165, 1.54) is 0 Å². The third-order valence-corrected chi connectivity index (χ3v) is 4.23. The average Bonchev–Trinajstić information content (AvgIpc) is 2.30. The third kappa shape index (κ3) is 3.50. The van der Waals surface area contributed by atoms with Crippen molar-refractivity contribution in [3.05, 3.63) is 34.3 Å². The topological polar surface area (TPSA) is 41.1 Å². The van der Waals surface area contributed by atoms with Crippen molar-refractivity contribution < 1.29 is 4.79 Å². The van der Waals surface area contributed by atoms with E-state index in [9.17, 15) is 4.79 Å². The van der Waals surface area contributed by atoms with Gasteiger partial charge in [-0.1, -0.05) is 34.5 Å². The van der Waals surface area contributed by atoms with Gasteiger partial charge in [-0.2, -0.15) is 0 Å². The number of hydrogen-bond acceptors (Lipinski definition) is 2. The molecule has 5 heteroatoms. The Bertz CT molecular complexity index is 418. The van der Waals surface area contributed by atoms with Crippen molar-refractivity contribution >= 4 is 34.2 Å². The first kappa shape index (κ1) is 16.5. The van der Waals surface area contributed by atoms with Gasteiger partial charge in [0.25, 0.3) is 0 Å². The van der Waals surface area contributed by atoms with Gasteiger partial charge in [-0.15, -0.1) is 12.4 Å². The molecule has 1 aromatic rings. The minimum absolute atomic E-state index is 0. The molecular formula is C14H20BrClN2O. The Hall–Kier alpha value is -0.580. The van der Waals surface area contributed by atoms with E-state index in [1.54, 1.807) is 0 Å². The zero-order chi connectivity index (χ0) is 13.0. The predicted molar refractivity (Wildman–Crippen MR) is 83.9 cm³/mol. The second kappa shape index (κ2) is 7.27. The average molecular weight is 348 g/mol. The monoisotopic (exact) mass is 346 g/mol. The Morgan fingerprint density at radius 3 is 2.37 bits per heavy atom. The molecule has 1 aliphatic rings. The van der Waals surface area contributed by atoms with E-state index < -0.39 is 0 Å². The molecule has 1 fully saturated rings. The van der Waals surface area contributed by atoms with Crippen molar-refractivity contribution in [2.45, 2.75) is 24.7 Å². The number of nitrogens with one attached hydrogen (secondary N) is 2. The summed E-state index contributed by atoms with van der Waals surface area (Å²) in [4.78, 5) is 12.4. The number of rotatable bonds is 5. The summed E-state index contributed by atoms with van der Waals surface area (Å²) in [6.07, 6.45) is 3.05. The minimum Gasteiger partial charge on any atom is -0.354 e. The number of hydrogen-bond donors (Lipinski definition) is 2. The Balaban J connectivity index is 0.00000180. The van der Waals surface area contributed by atoms with Crippen LogP contribution in [0.1, 0.15) is 24.8 Å². The molecule has 0 heterocycles. The summed E-state index contributed by atoms with van der Waals surface area (Å²) in [5.74, 6) is 0.173. The first-order valence-electron chi connectivity index (χ1n) is 6.38. The maximum atomic E-state index is 12.4. The lowest BCUT2D eigenvalue weighted by Gasteiger charge is -2.40. The number of carbonyl (C=O) groups is 1. The maximum absolute atomic E-state index is 12.4. The number of benzene rings is 1. The van der Waals surface area contributed by atoms with Crippen molar-refractivity contribution in [3.63, 3.8) is 0 Å². The maximum Gasteiger partial charge on any atom is 0.230 e. The lowest BCUT2D eigenvalue weighted by Crippen LogP contribution is -2.50. The van der Waals surface area contributed by atoms with Gasteiger partial charge in [0.05, 0.1) is 5.41 Å². The SMILES string of the molecule is CNCCNC(=O)C1(c2ccc(Br)cc2)CCC1.Cl. The van der Waals surface area contributed by atoms with E-state index in [-0.39, 0.29) is 23.7 Å². The number of carbonyl (C=O) groups excluding carboxylic acids is 1. The Morgan fingerprint density at radius 1 is 1.26 bits per heavy atom. The number of halogens is 2. The predicted octanol–water partition coefficient (Wildman–Crippen LogP) is 2.63. The van der Waals surface area contributed by atoms with Gasteiger partial charge < -0.3 is 10.6 Å². The van der Waals surface area contributed by atoms with Crippen molar-refractivity contribution in [1.82, 2.24) is 10.6 Å². The van der Waals surface area contributed by atoms with Crippen molar-refractivity contribution in [1.29, 1.82) is 0 Å². The van der Waals surface area contributed by atoms with E-state index in [0.29, 0.717) is 6.54 Å². The molecule has 2 rings (SSSR count).